The fraction of sp³-hybridized carbons (Fsp3) is 0.786. The third kappa shape index (κ3) is 4.08. The summed E-state index contributed by atoms with van der Waals surface area (Å²) in [5.41, 5.74) is 0. The SMILES string of the molecule is CCN(c1cnnc(NCC2CCCO2)n1)C1CCS(=O)(=O)C1. The van der Waals surface area contributed by atoms with Crippen LogP contribution in [0.25, 0.3) is 0 Å². The minimum atomic E-state index is -2.93. The van der Waals surface area contributed by atoms with Crippen LogP contribution in [0.1, 0.15) is 26.2 Å². The van der Waals surface area contributed by atoms with E-state index < -0.39 is 9.84 Å². The molecule has 0 amide bonds. The number of rotatable bonds is 6. The molecule has 2 aliphatic heterocycles. The number of anilines is 2. The molecular weight excluding hydrogens is 318 g/mol. The Morgan fingerprint density at radius 2 is 2.30 bits per heavy atom. The molecular formula is C14H23N5O3S. The fourth-order valence-corrected chi connectivity index (χ4v) is 4.88. The first-order chi connectivity index (χ1) is 11.1. The van der Waals surface area contributed by atoms with Crippen LogP contribution in [0.2, 0.25) is 0 Å². The number of hydrogen-bond acceptors (Lipinski definition) is 8. The molecule has 2 fully saturated rings. The predicted octanol–water partition coefficient (Wildman–Crippen LogP) is 0.476. The van der Waals surface area contributed by atoms with Gasteiger partial charge in [-0.2, -0.15) is 10.1 Å². The van der Waals surface area contributed by atoms with E-state index in [2.05, 4.69) is 20.5 Å². The van der Waals surface area contributed by atoms with E-state index >= 15 is 0 Å². The molecule has 128 valence electrons. The van der Waals surface area contributed by atoms with E-state index in [1.807, 2.05) is 11.8 Å². The molecule has 23 heavy (non-hydrogen) atoms. The second kappa shape index (κ2) is 6.96. The number of nitrogens with one attached hydrogen (secondary N) is 1. The van der Waals surface area contributed by atoms with Crippen LogP contribution >= 0.6 is 0 Å². The summed E-state index contributed by atoms with van der Waals surface area (Å²) in [5.74, 6) is 1.55. The third-order valence-electron chi connectivity index (χ3n) is 4.34. The summed E-state index contributed by atoms with van der Waals surface area (Å²) in [5, 5.41) is 11.2. The molecule has 0 spiro atoms. The minimum absolute atomic E-state index is 0.0345. The van der Waals surface area contributed by atoms with Crippen molar-refractivity contribution in [3.63, 3.8) is 0 Å². The van der Waals surface area contributed by atoms with Gasteiger partial charge in [0.05, 0.1) is 23.8 Å². The van der Waals surface area contributed by atoms with Gasteiger partial charge in [-0.15, -0.1) is 5.10 Å². The zero-order valence-electron chi connectivity index (χ0n) is 13.3. The van der Waals surface area contributed by atoms with Crippen molar-refractivity contribution in [3.05, 3.63) is 6.20 Å². The highest BCUT2D eigenvalue weighted by Gasteiger charge is 2.32. The molecule has 2 atom stereocenters. The number of nitrogens with zero attached hydrogens (tertiary/aromatic N) is 4. The van der Waals surface area contributed by atoms with E-state index in [1.54, 1.807) is 6.20 Å². The van der Waals surface area contributed by atoms with Crippen molar-refractivity contribution >= 4 is 21.6 Å². The number of hydrogen-bond donors (Lipinski definition) is 1. The maximum atomic E-state index is 11.7. The van der Waals surface area contributed by atoms with E-state index in [4.69, 9.17) is 4.74 Å². The van der Waals surface area contributed by atoms with Crippen molar-refractivity contribution < 1.29 is 13.2 Å². The molecule has 0 aromatic carbocycles. The highest BCUT2D eigenvalue weighted by atomic mass is 32.2. The smallest absolute Gasteiger partial charge is 0.244 e. The van der Waals surface area contributed by atoms with E-state index in [9.17, 15) is 8.42 Å². The lowest BCUT2D eigenvalue weighted by atomic mass is 10.2. The summed E-state index contributed by atoms with van der Waals surface area (Å²) >= 11 is 0. The molecule has 3 rings (SSSR count). The average Bonchev–Trinajstić information content (AvgIpc) is 3.16. The second-order valence-corrected chi connectivity index (χ2v) is 8.23. The molecule has 0 saturated carbocycles. The first-order valence-electron chi connectivity index (χ1n) is 8.09. The van der Waals surface area contributed by atoms with Crippen LogP contribution < -0.4 is 10.2 Å². The van der Waals surface area contributed by atoms with E-state index in [0.29, 0.717) is 31.3 Å². The van der Waals surface area contributed by atoms with Gasteiger partial charge in [0.2, 0.25) is 5.95 Å². The summed E-state index contributed by atoms with van der Waals surface area (Å²) in [6, 6.07) is -0.0345. The number of aromatic nitrogens is 3. The maximum absolute atomic E-state index is 11.7. The molecule has 2 saturated heterocycles. The summed E-state index contributed by atoms with van der Waals surface area (Å²) in [4.78, 5) is 6.48. The lowest BCUT2D eigenvalue weighted by Crippen LogP contribution is -2.37. The van der Waals surface area contributed by atoms with Crippen LogP contribution in [-0.2, 0) is 14.6 Å². The van der Waals surface area contributed by atoms with Gasteiger partial charge >= 0.3 is 0 Å². The van der Waals surface area contributed by atoms with Gasteiger partial charge in [0.25, 0.3) is 0 Å². The minimum Gasteiger partial charge on any atom is -0.376 e. The van der Waals surface area contributed by atoms with Crippen molar-refractivity contribution in [2.45, 2.75) is 38.3 Å². The molecule has 9 heteroatoms. The Labute approximate surface area is 136 Å². The van der Waals surface area contributed by atoms with Crippen molar-refractivity contribution in [2.75, 3.05) is 41.4 Å². The van der Waals surface area contributed by atoms with Gasteiger partial charge in [0.15, 0.2) is 15.7 Å². The Kier molecular flexibility index (Phi) is 4.96. The van der Waals surface area contributed by atoms with Crippen LogP contribution in [0.15, 0.2) is 6.20 Å². The normalized spacial score (nSPS) is 26.3. The Morgan fingerprint density at radius 1 is 1.43 bits per heavy atom. The highest BCUT2D eigenvalue weighted by Crippen LogP contribution is 2.22. The third-order valence-corrected chi connectivity index (χ3v) is 6.09. The van der Waals surface area contributed by atoms with Gasteiger partial charge in [0.1, 0.15) is 0 Å². The topological polar surface area (TPSA) is 97.3 Å². The second-order valence-electron chi connectivity index (χ2n) is 6.00. The largest absolute Gasteiger partial charge is 0.376 e. The molecule has 0 bridgehead atoms. The van der Waals surface area contributed by atoms with Gasteiger partial charge < -0.3 is 15.0 Å². The monoisotopic (exact) mass is 341 g/mol. The summed E-state index contributed by atoms with van der Waals surface area (Å²) in [7, 11) is -2.93. The zero-order chi connectivity index (χ0) is 16.3. The van der Waals surface area contributed by atoms with E-state index in [1.165, 1.54) is 0 Å². The Morgan fingerprint density at radius 3 is 2.96 bits per heavy atom. The van der Waals surface area contributed by atoms with Crippen LogP contribution in [0.4, 0.5) is 11.8 Å². The molecule has 3 heterocycles. The summed E-state index contributed by atoms with van der Waals surface area (Å²) in [6.07, 6.45) is 4.56. The highest BCUT2D eigenvalue weighted by molar-refractivity contribution is 7.91. The van der Waals surface area contributed by atoms with Gasteiger partial charge in [0, 0.05) is 25.7 Å². The van der Waals surface area contributed by atoms with Crippen LogP contribution in [0.3, 0.4) is 0 Å². The molecule has 0 aliphatic carbocycles. The van der Waals surface area contributed by atoms with Crippen molar-refractivity contribution in [1.29, 1.82) is 0 Å². The molecule has 0 radical (unpaired) electrons. The Hall–Kier alpha value is -1.48. The van der Waals surface area contributed by atoms with Crippen molar-refractivity contribution in [1.82, 2.24) is 15.2 Å². The molecule has 1 N–H and O–H groups in total. The number of ether oxygens (including phenoxy) is 1. The molecule has 1 aromatic heterocycles. The Bertz CT molecular complexity index is 633. The van der Waals surface area contributed by atoms with E-state index in [0.717, 1.165) is 19.4 Å². The predicted molar refractivity (Wildman–Crippen MR) is 87.4 cm³/mol. The van der Waals surface area contributed by atoms with Crippen LogP contribution in [-0.4, -0.2) is 66.9 Å². The lowest BCUT2D eigenvalue weighted by molar-refractivity contribution is 0.120. The first kappa shape index (κ1) is 16.4. The van der Waals surface area contributed by atoms with Crippen LogP contribution in [0, 0.1) is 0 Å². The zero-order valence-corrected chi connectivity index (χ0v) is 14.1. The van der Waals surface area contributed by atoms with Crippen molar-refractivity contribution in [2.24, 2.45) is 0 Å². The summed E-state index contributed by atoms with van der Waals surface area (Å²) < 4.78 is 29.0. The number of sulfone groups is 1. The standard InChI is InChI=1S/C14H23N5O3S/c1-2-19(11-5-7-23(20,21)10-11)13-9-16-18-14(17-13)15-8-12-4-3-6-22-12/h9,11-12H,2-8,10H2,1H3,(H,15,17,18). The first-order valence-corrected chi connectivity index (χ1v) is 9.92. The molecule has 2 unspecified atom stereocenters. The fourth-order valence-electron chi connectivity index (χ4n) is 3.15. The van der Waals surface area contributed by atoms with Gasteiger partial charge in [-0.25, -0.2) is 8.42 Å². The van der Waals surface area contributed by atoms with Gasteiger partial charge in [-0.05, 0) is 26.2 Å². The lowest BCUT2D eigenvalue weighted by Gasteiger charge is -2.27. The van der Waals surface area contributed by atoms with Gasteiger partial charge in [-0.1, -0.05) is 0 Å². The van der Waals surface area contributed by atoms with Crippen LogP contribution in [0.5, 0.6) is 0 Å². The molecule has 1 aromatic rings. The maximum Gasteiger partial charge on any atom is 0.244 e. The molecule has 2 aliphatic rings. The van der Waals surface area contributed by atoms with Crippen molar-refractivity contribution in [3.8, 4) is 0 Å². The molecule has 8 nitrogen and oxygen atoms in total. The quantitative estimate of drug-likeness (QED) is 0.798. The van der Waals surface area contributed by atoms with Gasteiger partial charge in [-0.3, -0.25) is 0 Å². The Balaban J connectivity index is 1.67. The summed E-state index contributed by atoms with van der Waals surface area (Å²) in [6.45, 7) is 4.15. The van der Waals surface area contributed by atoms with E-state index in [-0.39, 0.29) is 23.7 Å². The average molecular weight is 341 g/mol.